The van der Waals surface area contributed by atoms with Crippen molar-refractivity contribution in [1.29, 1.82) is 0 Å². The van der Waals surface area contributed by atoms with E-state index in [-0.39, 0.29) is 0 Å². The van der Waals surface area contributed by atoms with Crippen LogP contribution in [0.3, 0.4) is 0 Å². The molecule has 0 bridgehead atoms. The number of hydrogen-bond donors (Lipinski definition) is 0. The summed E-state index contributed by atoms with van der Waals surface area (Å²) in [5, 5.41) is 12.3. The zero-order valence-electron chi connectivity index (χ0n) is 28.9. The van der Waals surface area contributed by atoms with E-state index in [2.05, 4.69) is 181 Å². The maximum Gasteiger partial charge on any atom is 0.143 e. The Kier molecular flexibility index (Phi) is 6.41. The first-order valence-electron chi connectivity index (χ1n) is 18.2. The van der Waals surface area contributed by atoms with Gasteiger partial charge in [0, 0.05) is 73.9 Å². The molecule has 4 heteroatoms. The van der Waals surface area contributed by atoms with Crippen LogP contribution in [0.2, 0.25) is 0 Å². The molecule has 54 heavy (non-hydrogen) atoms. The lowest BCUT2D eigenvalue weighted by molar-refractivity contribution is 0.673. The summed E-state index contributed by atoms with van der Waals surface area (Å²) in [6.07, 6.45) is 0. The molecule has 0 fully saturated rings. The van der Waals surface area contributed by atoms with Crippen LogP contribution in [-0.4, -0.2) is 0 Å². The Labute approximate surface area is 318 Å². The molecule has 0 saturated carbocycles. The standard InChI is InChI=1S/C50H29NOS2/c1-3-12-35-30(9-1)11-7-15-36(35)32-19-22-33(23-20-32)51(34-24-26-38-40-25-21-31-10-2-4-13-37(31)49(40)52-43(38)29-34)42-16-8-18-45-47(42)48-46(53-45)28-27-41-39-14-5-6-17-44(39)54-50(41)48/h1-29H. The summed E-state index contributed by atoms with van der Waals surface area (Å²) < 4.78 is 12.0. The number of thiophene rings is 2. The summed E-state index contributed by atoms with van der Waals surface area (Å²) in [6, 6.07) is 64.1. The van der Waals surface area contributed by atoms with E-state index in [0.717, 1.165) is 44.4 Å². The average molecular weight is 724 g/mol. The van der Waals surface area contributed by atoms with Crippen molar-refractivity contribution < 1.29 is 4.42 Å². The maximum atomic E-state index is 6.76. The van der Waals surface area contributed by atoms with Crippen molar-refractivity contribution in [3.05, 3.63) is 176 Å². The molecule has 3 heterocycles. The van der Waals surface area contributed by atoms with Gasteiger partial charge in [-0.25, -0.2) is 0 Å². The zero-order chi connectivity index (χ0) is 35.3. The topological polar surface area (TPSA) is 16.4 Å². The third-order valence-corrected chi connectivity index (χ3v) is 13.4. The van der Waals surface area contributed by atoms with Crippen LogP contribution in [0.25, 0.3) is 95.0 Å². The highest BCUT2D eigenvalue weighted by Crippen LogP contribution is 2.50. The number of fused-ring (bicyclic) bond motifs is 13. The smallest absolute Gasteiger partial charge is 0.143 e. The number of nitrogens with zero attached hydrogens (tertiary/aromatic N) is 1. The van der Waals surface area contributed by atoms with Crippen LogP contribution < -0.4 is 4.90 Å². The summed E-state index contributed by atoms with van der Waals surface area (Å²) in [5.41, 5.74) is 7.55. The van der Waals surface area contributed by atoms with Gasteiger partial charge in [-0.3, -0.25) is 0 Å². The van der Waals surface area contributed by atoms with E-state index in [4.69, 9.17) is 4.42 Å². The largest absolute Gasteiger partial charge is 0.455 e. The zero-order valence-corrected chi connectivity index (χ0v) is 30.5. The molecule has 2 nitrogen and oxygen atoms in total. The molecule has 0 N–H and O–H groups in total. The normalized spacial score (nSPS) is 12.1. The van der Waals surface area contributed by atoms with Crippen molar-refractivity contribution in [2.45, 2.75) is 0 Å². The van der Waals surface area contributed by atoms with Crippen LogP contribution >= 0.6 is 22.7 Å². The van der Waals surface area contributed by atoms with Crippen molar-refractivity contribution in [2.24, 2.45) is 0 Å². The summed E-state index contributed by atoms with van der Waals surface area (Å²) >= 11 is 3.78. The van der Waals surface area contributed by atoms with Gasteiger partial charge in [0.1, 0.15) is 11.2 Å². The van der Waals surface area contributed by atoms with E-state index in [9.17, 15) is 0 Å². The van der Waals surface area contributed by atoms with Crippen LogP contribution in [0, 0.1) is 0 Å². The van der Waals surface area contributed by atoms with Gasteiger partial charge in [-0.15, -0.1) is 22.7 Å². The lowest BCUT2D eigenvalue weighted by atomic mass is 9.98. The highest BCUT2D eigenvalue weighted by molar-refractivity contribution is 7.29. The van der Waals surface area contributed by atoms with Gasteiger partial charge in [0.25, 0.3) is 0 Å². The molecule has 0 atom stereocenters. The highest BCUT2D eigenvalue weighted by atomic mass is 32.1. The van der Waals surface area contributed by atoms with E-state index in [0.29, 0.717) is 0 Å². The van der Waals surface area contributed by atoms with E-state index >= 15 is 0 Å². The minimum atomic E-state index is 0.880. The molecule has 9 aromatic carbocycles. The van der Waals surface area contributed by atoms with Crippen molar-refractivity contribution >= 4 is 124 Å². The lowest BCUT2D eigenvalue weighted by Crippen LogP contribution is -2.10. The first-order chi connectivity index (χ1) is 26.8. The lowest BCUT2D eigenvalue weighted by Gasteiger charge is -2.27. The van der Waals surface area contributed by atoms with Crippen LogP contribution in [0.4, 0.5) is 17.1 Å². The fourth-order valence-electron chi connectivity index (χ4n) is 8.58. The molecule has 0 aliphatic carbocycles. The molecule has 12 aromatic rings. The van der Waals surface area contributed by atoms with Crippen LogP contribution in [0.1, 0.15) is 0 Å². The molecule has 0 aliphatic rings. The minimum absolute atomic E-state index is 0.880. The molecule has 0 spiro atoms. The van der Waals surface area contributed by atoms with Gasteiger partial charge in [-0.2, -0.15) is 0 Å². The summed E-state index contributed by atoms with van der Waals surface area (Å²) in [5.74, 6) is 0. The Hall–Kier alpha value is -6.46. The van der Waals surface area contributed by atoms with Gasteiger partial charge in [0.2, 0.25) is 0 Å². The van der Waals surface area contributed by atoms with Gasteiger partial charge in [-0.05, 0) is 81.9 Å². The van der Waals surface area contributed by atoms with E-state index in [1.165, 1.54) is 67.6 Å². The predicted octanol–water partition coefficient (Wildman–Crippen LogP) is 15.8. The fraction of sp³-hybridized carbons (Fsp3) is 0. The summed E-state index contributed by atoms with van der Waals surface area (Å²) in [4.78, 5) is 2.43. The van der Waals surface area contributed by atoms with Gasteiger partial charge >= 0.3 is 0 Å². The second kappa shape index (κ2) is 11.5. The van der Waals surface area contributed by atoms with Crippen molar-refractivity contribution in [3.8, 4) is 11.1 Å². The van der Waals surface area contributed by atoms with Gasteiger partial charge in [0.05, 0.1) is 5.69 Å². The Balaban J connectivity index is 1.12. The molecular weight excluding hydrogens is 695 g/mol. The van der Waals surface area contributed by atoms with Gasteiger partial charge in [0.15, 0.2) is 0 Å². The molecule has 12 rings (SSSR count). The quantitative estimate of drug-likeness (QED) is 0.180. The van der Waals surface area contributed by atoms with Crippen molar-refractivity contribution in [1.82, 2.24) is 0 Å². The molecule has 0 amide bonds. The Morgan fingerprint density at radius 3 is 1.96 bits per heavy atom. The van der Waals surface area contributed by atoms with Gasteiger partial charge in [-0.1, -0.05) is 115 Å². The molecule has 0 radical (unpaired) electrons. The highest BCUT2D eigenvalue weighted by Gasteiger charge is 2.22. The third kappa shape index (κ3) is 4.38. The maximum absolute atomic E-state index is 6.76. The minimum Gasteiger partial charge on any atom is -0.455 e. The van der Waals surface area contributed by atoms with Crippen molar-refractivity contribution in [2.75, 3.05) is 4.90 Å². The first kappa shape index (κ1) is 30.0. The summed E-state index contributed by atoms with van der Waals surface area (Å²) in [6.45, 7) is 0. The SMILES string of the molecule is c1ccc2c(-c3ccc(N(c4ccc5c(c4)oc4c6ccccc6ccc54)c4cccc5sc6ccc7c8ccccc8sc7c6c45)cc3)cccc2c1. The number of rotatable bonds is 4. The molecular formula is C50H29NOS2. The third-order valence-electron chi connectivity index (χ3n) is 11.1. The Bertz CT molecular complexity index is 3450. The van der Waals surface area contributed by atoms with E-state index < -0.39 is 0 Å². The monoisotopic (exact) mass is 723 g/mol. The van der Waals surface area contributed by atoms with Crippen LogP contribution in [0.5, 0.6) is 0 Å². The number of furan rings is 1. The average Bonchev–Trinajstić information content (AvgIpc) is 3.92. The molecule has 0 saturated heterocycles. The van der Waals surface area contributed by atoms with Gasteiger partial charge < -0.3 is 9.32 Å². The Morgan fingerprint density at radius 1 is 0.407 bits per heavy atom. The van der Waals surface area contributed by atoms with E-state index in [1.54, 1.807) is 0 Å². The van der Waals surface area contributed by atoms with Crippen LogP contribution in [-0.2, 0) is 0 Å². The Morgan fingerprint density at radius 2 is 1.07 bits per heavy atom. The number of benzene rings is 9. The fourth-order valence-corrected chi connectivity index (χ4v) is 11.0. The second-order valence-corrected chi connectivity index (χ2v) is 16.2. The summed E-state index contributed by atoms with van der Waals surface area (Å²) in [7, 11) is 0. The molecule has 0 aliphatic heterocycles. The van der Waals surface area contributed by atoms with Crippen LogP contribution in [0.15, 0.2) is 180 Å². The first-order valence-corrected chi connectivity index (χ1v) is 19.9. The molecule has 3 aromatic heterocycles. The van der Waals surface area contributed by atoms with Crippen molar-refractivity contribution in [3.63, 3.8) is 0 Å². The predicted molar refractivity (Wildman–Crippen MR) is 235 cm³/mol. The number of anilines is 3. The second-order valence-electron chi connectivity index (χ2n) is 14.0. The molecule has 252 valence electrons. The van der Waals surface area contributed by atoms with E-state index in [1.807, 2.05) is 22.7 Å². The molecule has 0 unspecified atom stereocenters. The number of hydrogen-bond acceptors (Lipinski definition) is 4.